The van der Waals surface area contributed by atoms with Crippen LogP contribution in [0, 0.1) is 6.92 Å². The van der Waals surface area contributed by atoms with Gasteiger partial charge in [-0.15, -0.1) is 0 Å². The van der Waals surface area contributed by atoms with E-state index in [1.54, 1.807) is 25.1 Å². The molecule has 0 bridgehead atoms. The van der Waals surface area contributed by atoms with Crippen LogP contribution in [0.4, 0.5) is 14.6 Å². The average molecular weight is 280 g/mol. The van der Waals surface area contributed by atoms with E-state index in [9.17, 15) is 13.9 Å². The van der Waals surface area contributed by atoms with Gasteiger partial charge in [0.25, 0.3) is 0 Å². The van der Waals surface area contributed by atoms with Gasteiger partial charge in [0.05, 0.1) is 0 Å². The fourth-order valence-corrected chi connectivity index (χ4v) is 2.01. The second-order valence-corrected chi connectivity index (χ2v) is 4.25. The van der Waals surface area contributed by atoms with Crippen molar-refractivity contribution in [3.63, 3.8) is 0 Å². The molecule has 0 aliphatic carbocycles. The molecule has 2 aromatic rings. The monoisotopic (exact) mass is 280 g/mol. The number of hydrogen-bond donors (Lipinski definition) is 2. The Balaban J connectivity index is 2.46. The maximum absolute atomic E-state index is 12.4. The molecule has 3 N–H and O–H groups in total. The van der Waals surface area contributed by atoms with Crippen molar-refractivity contribution in [2.24, 2.45) is 0 Å². The molecule has 4 nitrogen and oxygen atoms in total. The van der Waals surface area contributed by atoms with E-state index in [4.69, 9.17) is 5.73 Å². The molecule has 0 saturated carbocycles. The SMILES string of the molecule is Cc1ccnc(N)c1C(O)c1ccccc1OC(F)F. The number of aryl methyl sites for hydroxylation is 1. The minimum Gasteiger partial charge on any atom is -0.434 e. The highest BCUT2D eigenvalue weighted by Gasteiger charge is 2.21. The number of ether oxygens (including phenoxy) is 1. The highest BCUT2D eigenvalue weighted by molar-refractivity contribution is 5.51. The fraction of sp³-hybridized carbons (Fsp3) is 0.214. The summed E-state index contributed by atoms with van der Waals surface area (Å²) >= 11 is 0. The van der Waals surface area contributed by atoms with Crippen LogP contribution < -0.4 is 10.5 Å². The first-order valence-electron chi connectivity index (χ1n) is 5.93. The lowest BCUT2D eigenvalue weighted by Gasteiger charge is -2.18. The van der Waals surface area contributed by atoms with Gasteiger partial charge in [-0.3, -0.25) is 0 Å². The Morgan fingerprint density at radius 1 is 1.25 bits per heavy atom. The van der Waals surface area contributed by atoms with Crippen LogP contribution in [0.5, 0.6) is 5.75 Å². The van der Waals surface area contributed by atoms with Crippen molar-refractivity contribution in [2.75, 3.05) is 5.73 Å². The Kier molecular flexibility index (Phi) is 4.14. The molecule has 0 aliphatic rings. The number of aliphatic hydroxyl groups is 1. The first-order chi connectivity index (χ1) is 9.50. The molecule has 6 heteroatoms. The highest BCUT2D eigenvalue weighted by Crippen LogP contribution is 2.34. The maximum atomic E-state index is 12.4. The molecular weight excluding hydrogens is 266 g/mol. The number of benzene rings is 1. The molecule has 0 spiro atoms. The molecule has 0 amide bonds. The van der Waals surface area contributed by atoms with Crippen LogP contribution in [0.3, 0.4) is 0 Å². The predicted molar refractivity (Wildman–Crippen MR) is 70.5 cm³/mol. The second-order valence-electron chi connectivity index (χ2n) is 4.25. The number of hydrogen-bond acceptors (Lipinski definition) is 4. The summed E-state index contributed by atoms with van der Waals surface area (Å²) in [6.45, 7) is -1.21. The molecule has 106 valence electrons. The van der Waals surface area contributed by atoms with E-state index in [2.05, 4.69) is 9.72 Å². The summed E-state index contributed by atoms with van der Waals surface area (Å²) in [5.74, 6) is 0.0713. The molecule has 1 unspecified atom stereocenters. The lowest BCUT2D eigenvalue weighted by atomic mass is 9.97. The van der Waals surface area contributed by atoms with Crippen LogP contribution in [-0.4, -0.2) is 16.7 Å². The number of aromatic nitrogens is 1. The zero-order valence-corrected chi connectivity index (χ0v) is 10.8. The highest BCUT2D eigenvalue weighted by atomic mass is 19.3. The van der Waals surface area contributed by atoms with Gasteiger partial charge < -0.3 is 15.6 Å². The van der Waals surface area contributed by atoms with Gasteiger partial charge in [-0.1, -0.05) is 18.2 Å². The summed E-state index contributed by atoms with van der Waals surface area (Å²) < 4.78 is 29.2. The van der Waals surface area contributed by atoms with Crippen LogP contribution >= 0.6 is 0 Å². The standard InChI is InChI=1S/C14H14F2N2O2/c1-8-6-7-18-13(17)11(8)12(19)9-4-2-3-5-10(9)20-14(15)16/h2-7,12,14,19H,1H3,(H2,17,18). The zero-order valence-electron chi connectivity index (χ0n) is 10.8. The molecule has 2 rings (SSSR count). The molecule has 0 fully saturated rings. The number of halogens is 2. The van der Waals surface area contributed by atoms with Crippen molar-refractivity contribution in [1.29, 1.82) is 0 Å². The van der Waals surface area contributed by atoms with Gasteiger partial charge in [-0.2, -0.15) is 8.78 Å². The molecule has 0 aliphatic heterocycles. The van der Waals surface area contributed by atoms with Gasteiger partial charge in [0.2, 0.25) is 0 Å². The van der Waals surface area contributed by atoms with Crippen molar-refractivity contribution in [2.45, 2.75) is 19.6 Å². The van der Waals surface area contributed by atoms with Crippen molar-refractivity contribution in [1.82, 2.24) is 4.98 Å². The van der Waals surface area contributed by atoms with Crippen molar-refractivity contribution in [3.05, 3.63) is 53.2 Å². The Bertz CT molecular complexity index is 585. The summed E-state index contributed by atoms with van der Waals surface area (Å²) in [6, 6.07) is 7.73. The van der Waals surface area contributed by atoms with Crippen LogP contribution in [0.1, 0.15) is 22.8 Å². The van der Waals surface area contributed by atoms with Gasteiger partial charge in [0.1, 0.15) is 17.7 Å². The van der Waals surface area contributed by atoms with Crippen molar-refractivity contribution >= 4 is 5.82 Å². The fourth-order valence-electron chi connectivity index (χ4n) is 2.01. The first-order valence-corrected chi connectivity index (χ1v) is 5.93. The smallest absolute Gasteiger partial charge is 0.387 e. The number of rotatable bonds is 4. The van der Waals surface area contributed by atoms with Gasteiger partial charge in [-0.05, 0) is 24.6 Å². The molecule has 0 radical (unpaired) electrons. The van der Waals surface area contributed by atoms with E-state index in [-0.39, 0.29) is 17.1 Å². The largest absolute Gasteiger partial charge is 0.434 e. The maximum Gasteiger partial charge on any atom is 0.387 e. The van der Waals surface area contributed by atoms with E-state index in [1.165, 1.54) is 18.3 Å². The van der Waals surface area contributed by atoms with Crippen LogP contribution in [0.25, 0.3) is 0 Å². The number of aliphatic hydroxyl groups excluding tert-OH is 1. The Hall–Kier alpha value is -2.21. The van der Waals surface area contributed by atoms with E-state index in [0.717, 1.165) is 5.56 Å². The number of nitrogens with two attached hydrogens (primary N) is 1. The Morgan fingerprint density at radius 2 is 1.95 bits per heavy atom. The number of nitrogens with zero attached hydrogens (tertiary/aromatic N) is 1. The molecule has 1 aromatic heterocycles. The van der Waals surface area contributed by atoms with E-state index >= 15 is 0 Å². The van der Waals surface area contributed by atoms with Gasteiger partial charge in [-0.25, -0.2) is 4.98 Å². The average Bonchev–Trinajstić information content (AvgIpc) is 2.38. The lowest BCUT2D eigenvalue weighted by molar-refractivity contribution is -0.0512. The number of pyridine rings is 1. The minimum atomic E-state index is -2.96. The van der Waals surface area contributed by atoms with Gasteiger partial charge in [0.15, 0.2) is 0 Å². The quantitative estimate of drug-likeness (QED) is 0.903. The Labute approximate surface area is 114 Å². The van der Waals surface area contributed by atoms with Crippen LogP contribution in [0.2, 0.25) is 0 Å². The van der Waals surface area contributed by atoms with Crippen molar-refractivity contribution in [3.8, 4) is 5.75 Å². The number of nitrogen functional groups attached to an aromatic ring is 1. The summed E-state index contributed by atoms with van der Waals surface area (Å²) in [5.41, 5.74) is 7.08. The molecule has 1 aromatic carbocycles. The summed E-state index contributed by atoms with van der Waals surface area (Å²) in [4.78, 5) is 3.91. The number of alkyl halides is 2. The number of para-hydroxylation sites is 1. The molecule has 20 heavy (non-hydrogen) atoms. The van der Waals surface area contributed by atoms with E-state index in [0.29, 0.717) is 5.56 Å². The summed E-state index contributed by atoms with van der Waals surface area (Å²) in [5, 5.41) is 10.4. The van der Waals surface area contributed by atoms with E-state index in [1.807, 2.05) is 0 Å². The molecule has 1 atom stereocenters. The summed E-state index contributed by atoms with van der Waals surface area (Å²) in [7, 11) is 0. The minimum absolute atomic E-state index is 0.0855. The topological polar surface area (TPSA) is 68.4 Å². The molecule has 1 heterocycles. The molecule has 0 saturated heterocycles. The molecular formula is C14H14F2N2O2. The van der Waals surface area contributed by atoms with Crippen molar-refractivity contribution < 1.29 is 18.6 Å². The second kappa shape index (κ2) is 5.83. The third-order valence-electron chi connectivity index (χ3n) is 2.94. The number of anilines is 1. The van der Waals surface area contributed by atoms with Gasteiger partial charge in [0, 0.05) is 17.3 Å². The van der Waals surface area contributed by atoms with Gasteiger partial charge >= 0.3 is 6.61 Å². The Morgan fingerprint density at radius 3 is 2.60 bits per heavy atom. The zero-order chi connectivity index (χ0) is 14.7. The van der Waals surface area contributed by atoms with Crippen LogP contribution in [-0.2, 0) is 0 Å². The third kappa shape index (κ3) is 2.85. The third-order valence-corrected chi connectivity index (χ3v) is 2.94. The lowest BCUT2D eigenvalue weighted by Crippen LogP contribution is -2.11. The predicted octanol–water partition coefficient (Wildman–Crippen LogP) is 2.66. The van der Waals surface area contributed by atoms with Crippen LogP contribution in [0.15, 0.2) is 36.5 Å². The summed E-state index contributed by atoms with van der Waals surface area (Å²) in [6.07, 6.45) is 0.335. The van der Waals surface area contributed by atoms with E-state index < -0.39 is 12.7 Å². The first kappa shape index (κ1) is 14.2. The normalized spacial score (nSPS) is 12.4.